The quantitative estimate of drug-likeness (QED) is 0.376. The Balaban J connectivity index is 1.87. The summed E-state index contributed by atoms with van der Waals surface area (Å²) in [7, 11) is 0. The van der Waals surface area contributed by atoms with Crippen molar-refractivity contribution in [2.24, 2.45) is 5.92 Å². The summed E-state index contributed by atoms with van der Waals surface area (Å²) >= 11 is 12.5. The molecule has 0 saturated heterocycles. The van der Waals surface area contributed by atoms with Crippen molar-refractivity contribution in [3.8, 4) is 0 Å². The zero-order chi connectivity index (χ0) is 22.2. The van der Waals surface area contributed by atoms with E-state index in [0.717, 1.165) is 38.5 Å². The first-order valence-corrected chi connectivity index (χ1v) is 12.5. The Labute approximate surface area is 196 Å². The zero-order valence-electron chi connectivity index (χ0n) is 18.4. The Hall–Kier alpha value is -1.52. The molecule has 6 heteroatoms. The Kier molecular flexibility index (Phi) is 9.28. The van der Waals surface area contributed by atoms with E-state index in [1.807, 2.05) is 18.2 Å². The molecular weight excluding hydrogens is 431 g/mol. The Morgan fingerprint density at radius 2 is 1.94 bits per heavy atom. The number of nitrogens with one attached hydrogen (secondary N) is 1. The lowest BCUT2D eigenvalue weighted by Crippen LogP contribution is -2.49. The van der Waals surface area contributed by atoms with E-state index in [0.29, 0.717) is 23.0 Å². The van der Waals surface area contributed by atoms with E-state index < -0.39 is 6.04 Å². The van der Waals surface area contributed by atoms with Crippen LogP contribution in [0.25, 0.3) is 0 Å². The van der Waals surface area contributed by atoms with E-state index in [2.05, 4.69) is 18.3 Å². The molecule has 0 spiro atoms. The smallest absolute Gasteiger partial charge is 0.247 e. The van der Waals surface area contributed by atoms with Crippen LogP contribution < -0.4 is 5.32 Å². The number of allylic oxidation sites excluding steroid dienone is 1. The van der Waals surface area contributed by atoms with Crippen LogP contribution in [0.3, 0.4) is 0 Å². The van der Waals surface area contributed by atoms with Gasteiger partial charge in [0.15, 0.2) is 0 Å². The van der Waals surface area contributed by atoms with Gasteiger partial charge in [0.05, 0.1) is 0 Å². The molecule has 3 atom stereocenters. The fourth-order valence-corrected chi connectivity index (χ4v) is 5.20. The molecule has 1 fully saturated rings. The van der Waals surface area contributed by atoms with Gasteiger partial charge in [-0.2, -0.15) is 0 Å². The minimum absolute atomic E-state index is 0.125. The molecule has 2 amide bonds. The molecule has 0 aliphatic heterocycles. The van der Waals surface area contributed by atoms with Gasteiger partial charge in [0.25, 0.3) is 0 Å². The molecule has 3 unspecified atom stereocenters. The van der Waals surface area contributed by atoms with Gasteiger partial charge in [-0.15, -0.1) is 11.6 Å². The van der Waals surface area contributed by atoms with Crippen molar-refractivity contribution >= 4 is 35.0 Å². The number of benzene rings is 1. The summed E-state index contributed by atoms with van der Waals surface area (Å²) in [6.45, 7) is 2.65. The summed E-state index contributed by atoms with van der Waals surface area (Å²) in [6.07, 6.45) is 12.0. The fourth-order valence-electron chi connectivity index (χ4n) is 4.81. The van der Waals surface area contributed by atoms with Crippen LogP contribution in [0.15, 0.2) is 35.9 Å². The minimum atomic E-state index is -0.779. The van der Waals surface area contributed by atoms with E-state index in [9.17, 15) is 9.59 Å². The van der Waals surface area contributed by atoms with Crippen LogP contribution in [0, 0.1) is 5.92 Å². The van der Waals surface area contributed by atoms with Crippen molar-refractivity contribution in [2.45, 2.75) is 76.8 Å². The summed E-state index contributed by atoms with van der Waals surface area (Å²) in [6, 6.07) is 6.65. The zero-order valence-corrected chi connectivity index (χ0v) is 19.9. The average molecular weight is 465 g/mol. The second-order valence-corrected chi connectivity index (χ2v) is 9.55. The summed E-state index contributed by atoms with van der Waals surface area (Å²) in [5, 5.41) is 3.73. The maximum absolute atomic E-state index is 13.6. The first kappa shape index (κ1) is 24.1. The van der Waals surface area contributed by atoms with E-state index in [4.69, 9.17) is 23.2 Å². The first-order valence-electron chi connectivity index (χ1n) is 11.6. The minimum Gasteiger partial charge on any atom is -0.351 e. The molecule has 31 heavy (non-hydrogen) atoms. The predicted molar refractivity (Wildman–Crippen MR) is 127 cm³/mol. The van der Waals surface area contributed by atoms with E-state index >= 15 is 0 Å². The highest BCUT2D eigenvalue weighted by molar-refractivity contribution is 6.31. The van der Waals surface area contributed by atoms with Gasteiger partial charge in [0, 0.05) is 23.2 Å². The Bertz CT molecular complexity index is 795. The maximum Gasteiger partial charge on any atom is 0.247 e. The number of alkyl halides is 1. The number of hydrogen-bond acceptors (Lipinski definition) is 2. The van der Waals surface area contributed by atoms with E-state index in [1.54, 1.807) is 11.0 Å². The number of nitrogens with zero attached hydrogens (tertiary/aromatic N) is 1. The van der Waals surface area contributed by atoms with Crippen molar-refractivity contribution < 1.29 is 9.59 Å². The highest BCUT2D eigenvalue weighted by Crippen LogP contribution is 2.31. The number of halogens is 2. The Morgan fingerprint density at radius 1 is 1.16 bits per heavy atom. The summed E-state index contributed by atoms with van der Waals surface area (Å²) in [4.78, 5) is 28.2. The molecule has 1 N–H and O–H groups in total. The van der Waals surface area contributed by atoms with Crippen LogP contribution >= 0.6 is 23.2 Å². The average Bonchev–Trinajstić information content (AvgIpc) is 2.79. The molecule has 4 nitrogen and oxygen atoms in total. The van der Waals surface area contributed by atoms with Gasteiger partial charge in [-0.05, 0) is 56.9 Å². The lowest BCUT2D eigenvalue weighted by Gasteiger charge is -2.35. The molecular formula is C25H34Cl2N2O2. The summed E-state index contributed by atoms with van der Waals surface area (Å²) in [5.41, 5.74) is 2.01. The molecule has 2 aliphatic rings. The van der Waals surface area contributed by atoms with Crippen molar-refractivity contribution in [1.29, 1.82) is 0 Å². The third-order valence-electron chi connectivity index (χ3n) is 6.69. The van der Waals surface area contributed by atoms with E-state index in [-0.39, 0.29) is 23.7 Å². The fraction of sp³-hybridized carbons (Fsp3) is 0.600. The molecule has 3 rings (SSSR count). The van der Waals surface area contributed by atoms with E-state index in [1.165, 1.54) is 24.8 Å². The molecule has 0 radical (unpaired) electrons. The molecule has 1 aromatic carbocycles. The van der Waals surface area contributed by atoms with Gasteiger partial charge in [-0.3, -0.25) is 9.59 Å². The SMILES string of the molecule is CC1CCCCC1NC(=O)C(c1ccccc1Cl)N(CCC1=CCCCC1)C(=O)CCl. The number of carbonyl (C=O) groups excluding carboxylic acids is 2. The molecule has 0 heterocycles. The van der Waals surface area contributed by atoms with Crippen molar-refractivity contribution in [3.05, 3.63) is 46.5 Å². The monoisotopic (exact) mass is 464 g/mol. The number of hydrogen-bond donors (Lipinski definition) is 1. The van der Waals surface area contributed by atoms with Gasteiger partial charge in [0.2, 0.25) is 11.8 Å². The van der Waals surface area contributed by atoms with Gasteiger partial charge in [-0.25, -0.2) is 0 Å². The number of rotatable bonds is 8. The molecule has 0 bridgehead atoms. The normalized spacial score (nSPS) is 22.4. The third kappa shape index (κ3) is 6.49. The lowest BCUT2D eigenvalue weighted by atomic mass is 9.85. The molecule has 1 saturated carbocycles. The van der Waals surface area contributed by atoms with Crippen LogP contribution in [-0.4, -0.2) is 35.2 Å². The lowest BCUT2D eigenvalue weighted by molar-refractivity contribution is -0.139. The summed E-state index contributed by atoms with van der Waals surface area (Å²) < 4.78 is 0. The van der Waals surface area contributed by atoms with Gasteiger partial charge < -0.3 is 10.2 Å². The second-order valence-electron chi connectivity index (χ2n) is 8.88. The van der Waals surface area contributed by atoms with Crippen molar-refractivity contribution in [2.75, 3.05) is 12.4 Å². The number of carbonyl (C=O) groups is 2. The van der Waals surface area contributed by atoms with Crippen LogP contribution in [-0.2, 0) is 9.59 Å². The standard InChI is InChI=1S/C25H34Cl2N2O2/c1-18-9-5-8-14-22(18)28-25(31)24(20-12-6-7-13-21(20)27)29(23(30)17-26)16-15-19-10-3-2-4-11-19/h6-7,10,12-13,18,22,24H,2-5,8-9,11,14-17H2,1H3,(H,28,31). The molecule has 1 aromatic rings. The van der Waals surface area contributed by atoms with Crippen LogP contribution in [0.4, 0.5) is 0 Å². The third-order valence-corrected chi connectivity index (χ3v) is 7.27. The van der Waals surface area contributed by atoms with Crippen molar-refractivity contribution in [1.82, 2.24) is 10.2 Å². The van der Waals surface area contributed by atoms with Gasteiger partial charge in [0.1, 0.15) is 11.9 Å². The number of amides is 2. The van der Waals surface area contributed by atoms with Crippen molar-refractivity contribution in [3.63, 3.8) is 0 Å². The topological polar surface area (TPSA) is 49.4 Å². The van der Waals surface area contributed by atoms with Crippen LogP contribution in [0.5, 0.6) is 0 Å². The first-order chi connectivity index (χ1) is 15.0. The largest absolute Gasteiger partial charge is 0.351 e. The highest BCUT2D eigenvalue weighted by Gasteiger charge is 2.34. The molecule has 0 aromatic heterocycles. The van der Waals surface area contributed by atoms with Gasteiger partial charge in [-0.1, -0.05) is 61.2 Å². The maximum atomic E-state index is 13.6. The van der Waals surface area contributed by atoms with Crippen LogP contribution in [0.1, 0.15) is 76.3 Å². The Morgan fingerprint density at radius 3 is 2.61 bits per heavy atom. The molecule has 2 aliphatic carbocycles. The van der Waals surface area contributed by atoms with Crippen LogP contribution in [0.2, 0.25) is 5.02 Å². The molecule has 170 valence electrons. The second kappa shape index (κ2) is 11.9. The van der Waals surface area contributed by atoms with Gasteiger partial charge >= 0.3 is 0 Å². The predicted octanol–water partition coefficient (Wildman–Crippen LogP) is 6.03. The highest BCUT2D eigenvalue weighted by atomic mass is 35.5. The summed E-state index contributed by atoms with van der Waals surface area (Å²) in [5.74, 6) is -0.139.